The molecule has 1 N–H and O–H groups in total. The number of benzene rings is 7. The van der Waals surface area contributed by atoms with E-state index >= 15 is 0 Å². The van der Waals surface area contributed by atoms with Gasteiger partial charge in [-0.2, -0.15) is 0 Å². The second-order valence-electron chi connectivity index (χ2n) is 19.0. The smallest absolute Gasteiger partial charge is 0.149 e. The minimum atomic E-state index is -3.83. The van der Waals surface area contributed by atoms with Crippen LogP contribution in [0.25, 0.3) is 83.9 Å². The topological polar surface area (TPSA) is 50.9 Å². The summed E-state index contributed by atoms with van der Waals surface area (Å²) in [7, 11) is 0. The molecule has 2 aromatic heterocycles. The zero-order valence-electron chi connectivity index (χ0n) is 54.4. The van der Waals surface area contributed by atoms with Gasteiger partial charge in [-0.15, -0.1) is 0 Å². The van der Waals surface area contributed by atoms with Gasteiger partial charge in [0, 0.05) is 60.4 Å². The fourth-order valence-corrected chi connectivity index (χ4v) is 8.31. The van der Waals surface area contributed by atoms with E-state index in [-0.39, 0.29) is 48.9 Å². The van der Waals surface area contributed by atoms with E-state index in [0.717, 1.165) is 44.6 Å². The molecule has 0 bridgehead atoms. The summed E-state index contributed by atoms with van der Waals surface area (Å²) < 4.78 is 137. The number of para-hydroxylation sites is 1. The monoisotopic (exact) mass is 1070 g/mol. The van der Waals surface area contributed by atoms with Crippen molar-refractivity contribution in [3.05, 3.63) is 192 Å². The van der Waals surface area contributed by atoms with Crippen molar-refractivity contribution in [3.63, 3.8) is 0 Å². The van der Waals surface area contributed by atoms with E-state index in [0.29, 0.717) is 44.8 Å². The number of aromatic hydroxyl groups is 1. The molecule has 5 heteroatoms. The standard InChI is InChI=1S/C62H61N3O.Pt/c1-39-20-22-41(23-21-39)44-26-29-55(52(36-44)43-16-13-12-14-17-43)65-56-19-15-18-51(57(56)64-59(65)53-38-49(61(6,7)8)32-40(2)58(53)66)46-33-47(35-50(34-46)62(9,10)11)54-37-45(30-31-63-54)42-24-27-48(28-25-42)60(3,4)5;/h12-38,66H,1-11H3;/i1D3,3D3,4D3,5D3,24D,25D,27D,28D;. The molecule has 0 radical (unpaired) electrons. The molecule has 0 unspecified atom stereocenters. The van der Waals surface area contributed by atoms with Gasteiger partial charge >= 0.3 is 0 Å². The molecule has 67 heavy (non-hydrogen) atoms. The van der Waals surface area contributed by atoms with Crippen molar-refractivity contribution in [3.8, 4) is 78.6 Å². The van der Waals surface area contributed by atoms with Gasteiger partial charge in [0.05, 0.1) is 33.5 Å². The zero-order valence-corrected chi connectivity index (χ0v) is 40.7. The number of nitrogens with zero attached hydrogens (tertiary/aromatic N) is 3. The first-order valence-electron chi connectivity index (χ1n) is 29.9. The molecule has 0 saturated carbocycles. The molecule has 2 heterocycles. The molecule has 0 aliphatic heterocycles. The van der Waals surface area contributed by atoms with Crippen LogP contribution in [0.4, 0.5) is 0 Å². The number of hydrogen-bond donors (Lipinski definition) is 1. The van der Waals surface area contributed by atoms with E-state index in [1.807, 2.05) is 91.9 Å². The molecule has 7 aromatic carbocycles. The molecule has 0 aliphatic carbocycles. The molecule has 0 amide bonds. The molecule has 0 saturated heterocycles. The largest absolute Gasteiger partial charge is 0.507 e. The number of phenolic OH excluding ortho intramolecular Hbond substituents is 1. The third-order valence-electron chi connectivity index (χ3n) is 12.1. The van der Waals surface area contributed by atoms with Gasteiger partial charge in [-0.25, -0.2) is 4.98 Å². The Morgan fingerprint density at radius 1 is 0.537 bits per heavy atom. The van der Waals surface area contributed by atoms with Crippen LogP contribution in [0.3, 0.4) is 0 Å². The van der Waals surface area contributed by atoms with E-state index in [2.05, 4.69) is 58.2 Å². The quantitative estimate of drug-likeness (QED) is 0.173. The maximum Gasteiger partial charge on any atom is 0.149 e. The molecular weight excluding hydrogens is 998 g/mol. The van der Waals surface area contributed by atoms with Gasteiger partial charge in [-0.05, 0) is 134 Å². The molecule has 340 valence electrons. The van der Waals surface area contributed by atoms with E-state index in [9.17, 15) is 5.11 Å². The molecule has 9 rings (SSSR count). The molecule has 0 fully saturated rings. The Hall–Kier alpha value is -6.35. The van der Waals surface area contributed by atoms with Gasteiger partial charge in [-0.1, -0.05) is 177 Å². The van der Waals surface area contributed by atoms with Gasteiger partial charge < -0.3 is 5.11 Å². The fraction of sp³-hybridized carbons (Fsp3) is 0.226. The average molecular weight is 1080 g/mol. The zero-order chi connectivity index (χ0) is 60.2. The van der Waals surface area contributed by atoms with Crippen molar-refractivity contribution in [1.29, 1.82) is 0 Å². The Kier molecular flexibility index (Phi) is 8.30. The first-order chi connectivity index (χ1) is 38.0. The number of hydrogen-bond acceptors (Lipinski definition) is 3. The summed E-state index contributed by atoms with van der Waals surface area (Å²) in [6, 6.07) is 37.7. The number of rotatable bonds is 7. The van der Waals surface area contributed by atoms with Crippen LogP contribution >= 0.6 is 0 Å². The second-order valence-corrected chi connectivity index (χ2v) is 19.0. The first kappa shape index (κ1) is 30.8. The fourth-order valence-electron chi connectivity index (χ4n) is 8.31. The van der Waals surface area contributed by atoms with Gasteiger partial charge in [-0.3, -0.25) is 9.55 Å². The summed E-state index contributed by atoms with van der Waals surface area (Å²) >= 11 is 0. The normalized spacial score (nSPS) is 16.3. The number of aryl methyl sites for hydroxylation is 2. The van der Waals surface area contributed by atoms with Crippen LogP contribution in [-0.4, -0.2) is 19.6 Å². The van der Waals surface area contributed by atoms with Crippen molar-refractivity contribution < 1.29 is 48.1 Å². The Morgan fingerprint density at radius 2 is 1.21 bits per heavy atom. The summed E-state index contributed by atoms with van der Waals surface area (Å²) in [4.78, 5) is 10.2. The van der Waals surface area contributed by atoms with Gasteiger partial charge in [0.25, 0.3) is 0 Å². The number of phenols is 1. The van der Waals surface area contributed by atoms with Crippen LogP contribution < -0.4 is 0 Å². The van der Waals surface area contributed by atoms with Crippen LogP contribution in [0.1, 0.15) is 112 Å². The Labute approximate surface area is 434 Å². The predicted octanol–water partition coefficient (Wildman–Crippen LogP) is 16.6. The van der Waals surface area contributed by atoms with Crippen LogP contribution in [0, 0.1) is 13.8 Å². The van der Waals surface area contributed by atoms with Crippen molar-refractivity contribution in [1.82, 2.24) is 14.5 Å². The molecule has 0 aliphatic rings. The van der Waals surface area contributed by atoms with Crippen molar-refractivity contribution in [2.45, 2.75) is 92.1 Å². The van der Waals surface area contributed by atoms with E-state index < -0.39 is 68.0 Å². The third kappa shape index (κ3) is 9.47. The Balaban J connectivity index is 0.00000900. The summed E-state index contributed by atoms with van der Waals surface area (Å²) in [6.07, 6.45) is 1.42. The third-order valence-corrected chi connectivity index (χ3v) is 12.1. The van der Waals surface area contributed by atoms with Crippen LogP contribution in [0.5, 0.6) is 5.75 Å². The summed E-state index contributed by atoms with van der Waals surface area (Å²) in [5.41, 5.74) is 5.03. The SMILES string of the molecule is [2H]c1c([2H])c(C(C([2H])([2H])[2H])(C([2H])([2H])[2H])C([2H])([2H])[2H])c([2H])c([2H])c1-c1ccnc(-c2cc(-c3cccc4c3nc(-c3cc(C(C)(C)C)cc(C)c3O)n4-c3ccc(-c4ccc(C([2H])([2H])[2H])cc4)cc3-c3ccccc3)cc(C(C)(C)C)c2)c1.[Pt]. The number of imidazole rings is 1. The van der Waals surface area contributed by atoms with E-state index in [1.54, 1.807) is 30.3 Å². The van der Waals surface area contributed by atoms with Crippen molar-refractivity contribution >= 4 is 11.0 Å². The summed E-state index contributed by atoms with van der Waals surface area (Å²) in [5, 5.41) is 12.2. The average Bonchev–Trinajstić information content (AvgIpc) is 3.20. The van der Waals surface area contributed by atoms with Gasteiger partial charge in [0.15, 0.2) is 0 Å². The first-order valence-corrected chi connectivity index (χ1v) is 21.9. The van der Waals surface area contributed by atoms with E-state index in [4.69, 9.17) is 31.9 Å². The van der Waals surface area contributed by atoms with Crippen LogP contribution in [0.2, 0.25) is 0 Å². The number of pyridine rings is 1. The molecule has 9 aromatic rings. The summed E-state index contributed by atoms with van der Waals surface area (Å²) in [5.74, 6) is 0.520. The van der Waals surface area contributed by atoms with E-state index in [1.165, 1.54) is 12.3 Å². The molecule has 4 nitrogen and oxygen atoms in total. The Bertz CT molecular complexity index is 3900. The van der Waals surface area contributed by atoms with Crippen molar-refractivity contribution in [2.24, 2.45) is 0 Å². The van der Waals surface area contributed by atoms with Gasteiger partial charge in [0.2, 0.25) is 0 Å². The number of aromatic nitrogens is 3. The molecule has 0 spiro atoms. The number of fused-ring (bicyclic) bond motifs is 1. The van der Waals surface area contributed by atoms with Crippen molar-refractivity contribution in [2.75, 3.05) is 0 Å². The Morgan fingerprint density at radius 3 is 1.90 bits per heavy atom. The predicted molar refractivity (Wildman–Crippen MR) is 279 cm³/mol. The molecule has 0 atom stereocenters. The van der Waals surface area contributed by atoms with Gasteiger partial charge in [0.1, 0.15) is 11.6 Å². The minimum absolute atomic E-state index is 0. The maximum atomic E-state index is 12.2. The van der Waals surface area contributed by atoms with Crippen LogP contribution in [0.15, 0.2) is 164 Å². The van der Waals surface area contributed by atoms with Crippen LogP contribution in [-0.2, 0) is 37.3 Å². The summed E-state index contributed by atoms with van der Waals surface area (Å²) in [6.45, 7) is 0.613. The second kappa shape index (κ2) is 18.0. The molecular formula is C62H61N3OPt. The maximum absolute atomic E-state index is 12.2. The minimum Gasteiger partial charge on any atom is -0.507 e.